The van der Waals surface area contributed by atoms with E-state index in [2.05, 4.69) is 15.9 Å². The number of nitrogens with zero attached hydrogens (tertiary/aromatic N) is 1. The van der Waals surface area contributed by atoms with Gasteiger partial charge in [-0.05, 0) is 41.8 Å². The van der Waals surface area contributed by atoms with Crippen molar-refractivity contribution in [3.8, 4) is 0 Å². The minimum Gasteiger partial charge on any atom is -0.331 e. The Balaban J connectivity index is 1.84. The van der Waals surface area contributed by atoms with E-state index in [1.165, 1.54) is 6.08 Å². The van der Waals surface area contributed by atoms with Crippen molar-refractivity contribution < 1.29 is 13.2 Å². The fourth-order valence-electron chi connectivity index (χ4n) is 3.11. The van der Waals surface area contributed by atoms with Crippen molar-refractivity contribution in [1.29, 1.82) is 0 Å². The van der Waals surface area contributed by atoms with Gasteiger partial charge in [0.05, 0.1) is 11.5 Å². The van der Waals surface area contributed by atoms with Gasteiger partial charge < -0.3 is 4.90 Å². The highest BCUT2D eigenvalue weighted by Crippen LogP contribution is 2.23. The molecule has 0 N–H and O–H groups in total. The van der Waals surface area contributed by atoms with Crippen LogP contribution in [0, 0.1) is 0 Å². The molecule has 1 saturated heterocycles. The van der Waals surface area contributed by atoms with E-state index < -0.39 is 9.84 Å². The highest BCUT2D eigenvalue weighted by molar-refractivity contribution is 9.10. The van der Waals surface area contributed by atoms with E-state index in [0.717, 1.165) is 15.6 Å². The molecule has 27 heavy (non-hydrogen) atoms. The zero-order chi connectivity index (χ0) is 19.4. The van der Waals surface area contributed by atoms with E-state index >= 15 is 0 Å². The quantitative estimate of drug-likeness (QED) is 0.614. The summed E-state index contributed by atoms with van der Waals surface area (Å²) in [7, 11) is -3.10. The number of amides is 1. The Morgan fingerprint density at radius 3 is 2.67 bits per heavy atom. The lowest BCUT2D eigenvalue weighted by molar-refractivity contribution is -0.128. The minimum atomic E-state index is -3.10. The lowest BCUT2D eigenvalue weighted by atomic mass is 10.1. The Hall–Kier alpha value is -1.63. The maximum Gasteiger partial charge on any atom is 0.247 e. The van der Waals surface area contributed by atoms with E-state index in [9.17, 15) is 13.2 Å². The van der Waals surface area contributed by atoms with Gasteiger partial charge in [-0.2, -0.15) is 0 Å². The van der Waals surface area contributed by atoms with Crippen LogP contribution in [0.1, 0.15) is 17.5 Å². The Morgan fingerprint density at radius 1 is 1.22 bits per heavy atom. The zero-order valence-corrected chi connectivity index (χ0v) is 17.7. The second-order valence-electron chi connectivity index (χ2n) is 6.51. The largest absolute Gasteiger partial charge is 0.331 e. The number of carbonyl (C=O) groups is 1. The van der Waals surface area contributed by atoms with Crippen LogP contribution in [0.15, 0.2) is 59.1 Å². The molecule has 0 aromatic heterocycles. The van der Waals surface area contributed by atoms with Crippen LogP contribution in [0.5, 0.6) is 0 Å². The van der Waals surface area contributed by atoms with Gasteiger partial charge in [0.25, 0.3) is 0 Å². The predicted molar refractivity (Wildman–Crippen MR) is 112 cm³/mol. The lowest BCUT2D eigenvalue weighted by Gasteiger charge is -2.27. The smallest absolute Gasteiger partial charge is 0.247 e. The van der Waals surface area contributed by atoms with Gasteiger partial charge in [-0.25, -0.2) is 8.42 Å². The molecule has 3 rings (SSSR count). The molecule has 7 heteroatoms. The number of sulfone groups is 1. The van der Waals surface area contributed by atoms with Crippen molar-refractivity contribution in [2.24, 2.45) is 0 Å². The molecule has 142 valence electrons. The van der Waals surface area contributed by atoms with E-state index in [-0.39, 0.29) is 23.5 Å². The monoisotopic (exact) mass is 467 g/mol. The number of benzene rings is 2. The van der Waals surface area contributed by atoms with E-state index in [0.29, 0.717) is 18.0 Å². The third kappa shape index (κ3) is 5.43. The second-order valence-corrected chi connectivity index (χ2v) is 10.1. The lowest BCUT2D eigenvalue weighted by Crippen LogP contribution is -2.39. The predicted octanol–water partition coefficient (Wildman–Crippen LogP) is 4.33. The summed E-state index contributed by atoms with van der Waals surface area (Å²) in [6, 6.07) is 14.6. The van der Waals surface area contributed by atoms with Gasteiger partial charge in [0, 0.05) is 28.2 Å². The molecule has 1 aliphatic heterocycles. The molecule has 1 heterocycles. The molecule has 0 unspecified atom stereocenters. The molecule has 1 amide bonds. The molecular formula is C20H19BrClNO3S. The average Bonchev–Trinajstić information content (AvgIpc) is 2.98. The van der Waals surface area contributed by atoms with Gasteiger partial charge in [0.1, 0.15) is 0 Å². The van der Waals surface area contributed by atoms with Gasteiger partial charge in [0.15, 0.2) is 9.84 Å². The zero-order valence-electron chi connectivity index (χ0n) is 14.5. The normalized spacial score (nSPS) is 18.7. The fraction of sp³-hybridized carbons (Fsp3) is 0.250. The number of hydrogen-bond acceptors (Lipinski definition) is 3. The summed E-state index contributed by atoms with van der Waals surface area (Å²) in [5, 5.41) is 0.559. The van der Waals surface area contributed by atoms with Gasteiger partial charge in [-0.1, -0.05) is 57.9 Å². The van der Waals surface area contributed by atoms with Crippen molar-refractivity contribution in [3.63, 3.8) is 0 Å². The third-order valence-corrected chi connectivity index (χ3v) is 7.07. The van der Waals surface area contributed by atoms with Crippen molar-refractivity contribution in [3.05, 3.63) is 75.2 Å². The standard InChI is InChI=1S/C20H19BrClNO3S/c21-17-6-3-4-15(12-17)13-23(18-10-11-27(25,26)14-18)20(24)9-8-16-5-1-2-7-19(16)22/h1-9,12,18H,10-11,13-14H2/b9-8+/t18-/m0/s1. The molecule has 1 fully saturated rings. The SMILES string of the molecule is O=C(/C=C/c1ccccc1Cl)N(Cc1cccc(Br)c1)[C@H]1CCS(=O)(=O)C1. The van der Waals surface area contributed by atoms with Gasteiger partial charge in [0.2, 0.25) is 5.91 Å². The molecule has 4 nitrogen and oxygen atoms in total. The summed E-state index contributed by atoms with van der Waals surface area (Å²) in [5.41, 5.74) is 1.68. The van der Waals surface area contributed by atoms with Crippen LogP contribution in [0.3, 0.4) is 0 Å². The average molecular weight is 469 g/mol. The molecule has 2 aromatic carbocycles. The second kappa shape index (κ2) is 8.59. The first kappa shape index (κ1) is 20.1. The van der Waals surface area contributed by atoms with E-state index in [4.69, 9.17) is 11.6 Å². The number of halogens is 2. The first-order valence-electron chi connectivity index (χ1n) is 8.52. The molecular weight excluding hydrogens is 450 g/mol. The molecule has 0 radical (unpaired) electrons. The van der Waals surface area contributed by atoms with E-state index in [1.807, 2.05) is 42.5 Å². The Morgan fingerprint density at radius 2 is 2.00 bits per heavy atom. The van der Waals surface area contributed by atoms with Crippen LogP contribution in [-0.2, 0) is 21.2 Å². The molecule has 0 bridgehead atoms. The number of hydrogen-bond donors (Lipinski definition) is 0. The summed E-state index contributed by atoms with van der Waals surface area (Å²) in [4.78, 5) is 14.5. The molecule has 2 aromatic rings. The van der Waals surface area contributed by atoms with Crippen molar-refractivity contribution in [2.45, 2.75) is 19.0 Å². The fourth-order valence-corrected chi connectivity index (χ4v) is 5.48. The van der Waals surface area contributed by atoms with Crippen LogP contribution < -0.4 is 0 Å². The van der Waals surface area contributed by atoms with Crippen LogP contribution >= 0.6 is 27.5 Å². The Labute approximate surface area is 172 Å². The summed E-state index contributed by atoms with van der Waals surface area (Å²) in [5.74, 6) is -0.0992. The van der Waals surface area contributed by atoms with Crippen LogP contribution in [0.2, 0.25) is 5.02 Å². The van der Waals surface area contributed by atoms with E-state index in [1.54, 1.807) is 17.0 Å². The van der Waals surface area contributed by atoms with Crippen LogP contribution in [-0.4, -0.2) is 36.8 Å². The third-order valence-electron chi connectivity index (χ3n) is 4.48. The van der Waals surface area contributed by atoms with Crippen LogP contribution in [0.4, 0.5) is 0 Å². The minimum absolute atomic E-state index is 0.00662. The summed E-state index contributed by atoms with van der Waals surface area (Å²) in [6.07, 6.45) is 3.59. The molecule has 1 aliphatic rings. The van der Waals surface area contributed by atoms with Crippen molar-refractivity contribution in [1.82, 2.24) is 4.90 Å². The summed E-state index contributed by atoms with van der Waals surface area (Å²) < 4.78 is 24.8. The Bertz CT molecular complexity index is 975. The molecule has 0 aliphatic carbocycles. The highest BCUT2D eigenvalue weighted by Gasteiger charge is 2.34. The molecule has 1 atom stereocenters. The molecule has 0 saturated carbocycles. The maximum atomic E-state index is 12.9. The summed E-state index contributed by atoms with van der Waals surface area (Å²) >= 11 is 9.57. The first-order chi connectivity index (χ1) is 12.8. The summed E-state index contributed by atoms with van der Waals surface area (Å²) in [6.45, 7) is 0.353. The molecule has 0 spiro atoms. The maximum absolute atomic E-state index is 12.9. The Kier molecular flexibility index (Phi) is 6.40. The van der Waals surface area contributed by atoms with Crippen molar-refractivity contribution in [2.75, 3.05) is 11.5 Å². The van der Waals surface area contributed by atoms with Crippen LogP contribution in [0.25, 0.3) is 6.08 Å². The topological polar surface area (TPSA) is 54.5 Å². The van der Waals surface area contributed by atoms with Gasteiger partial charge in [-0.3, -0.25) is 4.79 Å². The number of carbonyl (C=O) groups excluding carboxylic acids is 1. The first-order valence-corrected chi connectivity index (χ1v) is 11.5. The number of rotatable bonds is 5. The highest BCUT2D eigenvalue weighted by atomic mass is 79.9. The van der Waals surface area contributed by atoms with Crippen molar-refractivity contribution >= 4 is 49.4 Å². The van der Waals surface area contributed by atoms with Gasteiger partial charge >= 0.3 is 0 Å². The van der Waals surface area contributed by atoms with Gasteiger partial charge in [-0.15, -0.1) is 0 Å².